The van der Waals surface area contributed by atoms with Crippen LogP contribution in [0.15, 0.2) is 12.3 Å². The fourth-order valence-corrected chi connectivity index (χ4v) is 0.986. The van der Waals surface area contributed by atoms with E-state index in [1.54, 1.807) is 0 Å². The zero-order valence-electron chi connectivity index (χ0n) is 6.43. The van der Waals surface area contributed by atoms with Gasteiger partial charge in [-0.15, -0.1) is 0 Å². The Labute approximate surface area is 61.7 Å². The summed E-state index contributed by atoms with van der Waals surface area (Å²) in [5.74, 6) is 0. The lowest BCUT2D eigenvalue weighted by molar-refractivity contribution is 0.705. The van der Waals surface area contributed by atoms with E-state index in [4.69, 9.17) is 0 Å². The molecule has 1 aromatic rings. The van der Waals surface area contributed by atoms with Crippen molar-refractivity contribution in [3.63, 3.8) is 0 Å². The Morgan fingerprint density at radius 3 is 3.00 bits per heavy atom. The maximum Gasteiger partial charge on any atom is 0.0622 e. The summed E-state index contributed by atoms with van der Waals surface area (Å²) in [6.45, 7) is 2.21. The quantitative estimate of drug-likeness (QED) is 0.634. The molecule has 0 bridgehead atoms. The van der Waals surface area contributed by atoms with Gasteiger partial charge in [0.05, 0.1) is 5.69 Å². The Kier molecular flexibility index (Phi) is 3.00. The molecule has 1 heterocycles. The molecule has 0 aromatic carbocycles. The van der Waals surface area contributed by atoms with Gasteiger partial charge in [0.2, 0.25) is 0 Å². The van der Waals surface area contributed by atoms with Crippen LogP contribution in [0.25, 0.3) is 0 Å². The van der Waals surface area contributed by atoms with E-state index >= 15 is 0 Å². The summed E-state index contributed by atoms with van der Waals surface area (Å²) >= 11 is 0. The first-order valence-corrected chi connectivity index (χ1v) is 3.92. The lowest BCUT2D eigenvalue weighted by Gasteiger charge is -1.92. The van der Waals surface area contributed by atoms with E-state index in [0.717, 1.165) is 6.42 Å². The van der Waals surface area contributed by atoms with Gasteiger partial charge in [-0.25, -0.2) is 0 Å². The Morgan fingerprint density at radius 2 is 2.40 bits per heavy atom. The number of nitrogens with one attached hydrogen (secondary N) is 1. The van der Waals surface area contributed by atoms with E-state index in [9.17, 15) is 0 Å². The number of rotatable bonds is 4. The van der Waals surface area contributed by atoms with Crippen molar-refractivity contribution in [2.75, 3.05) is 0 Å². The number of aromatic nitrogens is 2. The van der Waals surface area contributed by atoms with Crippen LogP contribution in [-0.4, -0.2) is 10.2 Å². The molecule has 0 aliphatic carbocycles. The van der Waals surface area contributed by atoms with Crippen LogP contribution in [0.3, 0.4) is 0 Å². The van der Waals surface area contributed by atoms with Crippen LogP contribution in [0.2, 0.25) is 0 Å². The third-order valence-electron chi connectivity index (χ3n) is 1.59. The van der Waals surface area contributed by atoms with Gasteiger partial charge >= 0.3 is 0 Å². The molecular weight excluding hydrogens is 124 g/mol. The SMILES string of the molecule is CCCCCc1cc[nH]n1. The number of hydrogen-bond donors (Lipinski definition) is 1. The van der Waals surface area contributed by atoms with E-state index in [0.29, 0.717) is 0 Å². The highest BCUT2D eigenvalue weighted by atomic mass is 15.1. The molecule has 1 N–H and O–H groups in total. The van der Waals surface area contributed by atoms with E-state index in [1.807, 2.05) is 12.3 Å². The molecule has 0 saturated heterocycles. The Bertz CT molecular complexity index is 156. The normalized spacial score (nSPS) is 10.1. The first-order chi connectivity index (χ1) is 4.93. The van der Waals surface area contributed by atoms with Crippen molar-refractivity contribution in [1.29, 1.82) is 0 Å². The van der Waals surface area contributed by atoms with Crippen molar-refractivity contribution < 1.29 is 0 Å². The molecule has 0 aliphatic rings. The van der Waals surface area contributed by atoms with Gasteiger partial charge in [-0.05, 0) is 18.9 Å². The summed E-state index contributed by atoms with van der Waals surface area (Å²) in [6, 6.07) is 2.04. The zero-order chi connectivity index (χ0) is 7.23. The molecular formula is C8H14N2. The standard InChI is InChI=1S/C8H14N2/c1-2-3-4-5-8-6-7-9-10-8/h6-7H,2-5H2,1H3,(H,9,10). The fourth-order valence-electron chi connectivity index (χ4n) is 0.986. The smallest absolute Gasteiger partial charge is 0.0622 e. The van der Waals surface area contributed by atoms with Gasteiger partial charge < -0.3 is 0 Å². The monoisotopic (exact) mass is 138 g/mol. The van der Waals surface area contributed by atoms with Gasteiger partial charge in [0.1, 0.15) is 0 Å². The molecule has 2 heteroatoms. The van der Waals surface area contributed by atoms with E-state index in [2.05, 4.69) is 17.1 Å². The zero-order valence-corrected chi connectivity index (χ0v) is 6.43. The second kappa shape index (κ2) is 4.09. The largest absolute Gasteiger partial charge is 0.285 e. The minimum atomic E-state index is 1.12. The third kappa shape index (κ3) is 2.21. The van der Waals surface area contributed by atoms with Gasteiger partial charge in [0, 0.05) is 6.20 Å². The summed E-state index contributed by atoms with van der Waals surface area (Å²) in [6.07, 6.45) is 6.86. The van der Waals surface area contributed by atoms with Crippen molar-refractivity contribution in [3.8, 4) is 0 Å². The maximum absolute atomic E-state index is 4.06. The van der Waals surface area contributed by atoms with Gasteiger partial charge in [-0.1, -0.05) is 19.8 Å². The number of aryl methyl sites for hydroxylation is 1. The van der Waals surface area contributed by atoms with Crippen LogP contribution in [0.5, 0.6) is 0 Å². The molecule has 56 valence electrons. The Morgan fingerprint density at radius 1 is 1.50 bits per heavy atom. The van der Waals surface area contributed by atoms with Gasteiger partial charge in [-0.2, -0.15) is 5.10 Å². The van der Waals surface area contributed by atoms with E-state index < -0.39 is 0 Å². The average molecular weight is 138 g/mol. The highest BCUT2D eigenvalue weighted by Crippen LogP contribution is 2.01. The molecule has 0 saturated carbocycles. The third-order valence-corrected chi connectivity index (χ3v) is 1.59. The van der Waals surface area contributed by atoms with E-state index in [1.165, 1.54) is 25.0 Å². The average Bonchev–Trinajstić information content (AvgIpc) is 2.41. The van der Waals surface area contributed by atoms with Crippen LogP contribution in [0, 0.1) is 0 Å². The topological polar surface area (TPSA) is 28.7 Å². The fraction of sp³-hybridized carbons (Fsp3) is 0.625. The number of H-pyrrole nitrogens is 1. The van der Waals surface area contributed by atoms with Crippen LogP contribution in [0.1, 0.15) is 31.9 Å². The summed E-state index contributed by atoms with van der Waals surface area (Å²) in [5, 5.41) is 6.87. The Hall–Kier alpha value is -0.790. The molecule has 10 heavy (non-hydrogen) atoms. The maximum atomic E-state index is 4.06. The van der Waals surface area contributed by atoms with Crippen LogP contribution < -0.4 is 0 Å². The molecule has 0 fully saturated rings. The number of aromatic amines is 1. The molecule has 0 radical (unpaired) electrons. The summed E-state index contributed by atoms with van der Waals surface area (Å²) in [7, 11) is 0. The van der Waals surface area contributed by atoms with Crippen molar-refractivity contribution >= 4 is 0 Å². The molecule has 0 amide bonds. The molecule has 0 unspecified atom stereocenters. The van der Waals surface area contributed by atoms with Crippen LogP contribution in [0.4, 0.5) is 0 Å². The number of unbranched alkanes of at least 4 members (excludes halogenated alkanes) is 2. The van der Waals surface area contributed by atoms with Crippen LogP contribution >= 0.6 is 0 Å². The lowest BCUT2D eigenvalue weighted by Crippen LogP contribution is -1.84. The van der Waals surface area contributed by atoms with E-state index in [-0.39, 0.29) is 0 Å². The predicted molar refractivity (Wildman–Crippen MR) is 41.8 cm³/mol. The lowest BCUT2D eigenvalue weighted by atomic mass is 10.2. The molecule has 0 atom stereocenters. The first-order valence-electron chi connectivity index (χ1n) is 3.92. The summed E-state index contributed by atoms with van der Waals surface area (Å²) in [4.78, 5) is 0. The van der Waals surface area contributed by atoms with Crippen molar-refractivity contribution in [3.05, 3.63) is 18.0 Å². The Balaban J connectivity index is 2.15. The molecule has 0 spiro atoms. The van der Waals surface area contributed by atoms with Crippen molar-refractivity contribution in [1.82, 2.24) is 10.2 Å². The second-order valence-corrected chi connectivity index (χ2v) is 2.52. The van der Waals surface area contributed by atoms with Crippen LogP contribution in [-0.2, 0) is 6.42 Å². The summed E-state index contributed by atoms with van der Waals surface area (Å²) < 4.78 is 0. The minimum Gasteiger partial charge on any atom is -0.285 e. The molecule has 0 aliphatic heterocycles. The highest BCUT2D eigenvalue weighted by molar-refractivity contribution is 4.96. The number of nitrogens with zero attached hydrogens (tertiary/aromatic N) is 1. The van der Waals surface area contributed by atoms with Gasteiger partial charge in [0.15, 0.2) is 0 Å². The highest BCUT2D eigenvalue weighted by Gasteiger charge is 1.92. The van der Waals surface area contributed by atoms with Crippen molar-refractivity contribution in [2.24, 2.45) is 0 Å². The predicted octanol–water partition coefficient (Wildman–Crippen LogP) is 2.14. The second-order valence-electron chi connectivity index (χ2n) is 2.52. The van der Waals surface area contributed by atoms with Gasteiger partial charge in [-0.3, -0.25) is 5.10 Å². The first kappa shape index (κ1) is 7.32. The number of hydrogen-bond acceptors (Lipinski definition) is 1. The van der Waals surface area contributed by atoms with Crippen molar-refractivity contribution in [2.45, 2.75) is 32.6 Å². The molecule has 2 nitrogen and oxygen atoms in total. The van der Waals surface area contributed by atoms with Gasteiger partial charge in [0.25, 0.3) is 0 Å². The molecule has 1 rings (SSSR count). The molecule has 1 aromatic heterocycles. The minimum absolute atomic E-state index is 1.12. The summed E-state index contributed by atoms with van der Waals surface area (Å²) in [5.41, 5.74) is 1.19.